The lowest BCUT2D eigenvalue weighted by molar-refractivity contribution is -0.116. The lowest BCUT2D eigenvalue weighted by atomic mass is 10.1. The molecule has 9 heteroatoms. The van der Waals surface area contributed by atoms with Crippen molar-refractivity contribution in [2.75, 3.05) is 5.32 Å². The number of anilines is 1. The molecule has 0 saturated heterocycles. The molecule has 3 aromatic heterocycles. The molecule has 0 fully saturated rings. The maximum atomic E-state index is 12.5. The number of para-hydroxylation sites is 1. The highest BCUT2D eigenvalue weighted by Gasteiger charge is 2.11. The first-order valence-corrected chi connectivity index (χ1v) is 10.5. The minimum absolute atomic E-state index is 0.121. The van der Waals surface area contributed by atoms with Gasteiger partial charge in [0, 0.05) is 19.2 Å². The quantitative estimate of drug-likeness (QED) is 0.463. The molecule has 0 spiro atoms. The van der Waals surface area contributed by atoms with E-state index in [0.717, 1.165) is 22.5 Å². The van der Waals surface area contributed by atoms with Crippen molar-refractivity contribution in [3.05, 3.63) is 82.0 Å². The second kappa shape index (κ2) is 7.77. The number of hydrogen-bond acceptors (Lipinski definition) is 6. The number of amides is 1. The first-order chi connectivity index (χ1) is 15.1. The first-order valence-electron chi connectivity index (χ1n) is 9.67. The Bertz CT molecular complexity index is 1430. The summed E-state index contributed by atoms with van der Waals surface area (Å²) >= 11 is 1.69. The average molecular weight is 430 g/mol. The molecule has 1 amide bonds. The third kappa shape index (κ3) is 3.82. The Morgan fingerprint density at radius 1 is 1.13 bits per heavy atom. The van der Waals surface area contributed by atoms with Crippen LogP contribution in [0.2, 0.25) is 0 Å². The Labute approximate surface area is 180 Å². The highest BCUT2D eigenvalue weighted by Crippen LogP contribution is 2.24. The summed E-state index contributed by atoms with van der Waals surface area (Å²) in [6, 6.07) is 15.7. The number of nitrogens with one attached hydrogen (secondary N) is 1. The van der Waals surface area contributed by atoms with Gasteiger partial charge in [-0.3, -0.25) is 18.8 Å². The zero-order chi connectivity index (χ0) is 21.4. The highest BCUT2D eigenvalue weighted by molar-refractivity contribution is 7.18. The summed E-state index contributed by atoms with van der Waals surface area (Å²) in [4.78, 5) is 33.8. The van der Waals surface area contributed by atoms with Crippen LogP contribution in [0.3, 0.4) is 0 Å². The molecule has 0 radical (unpaired) electrons. The average Bonchev–Trinajstić information content (AvgIpc) is 3.35. The number of benzene rings is 2. The van der Waals surface area contributed by atoms with Crippen LogP contribution in [-0.2, 0) is 24.8 Å². The van der Waals surface area contributed by atoms with E-state index in [4.69, 9.17) is 0 Å². The van der Waals surface area contributed by atoms with Gasteiger partial charge < -0.3 is 5.32 Å². The van der Waals surface area contributed by atoms with Crippen LogP contribution >= 0.6 is 11.3 Å². The molecule has 5 aromatic rings. The molecule has 0 aliphatic rings. The Morgan fingerprint density at radius 2 is 1.94 bits per heavy atom. The Morgan fingerprint density at radius 3 is 2.74 bits per heavy atom. The van der Waals surface area contributed by atoms with E-state index in [1.807, 2.05) is 42.5 Å². The highest BCUT2D eigenvalue weighted by atomic mass is 32.1. The van der Waals surface area contributed by atoms with Gasteiger partial charge in [0.15, 0.2) is 5.65 Å². The number of aromatic nitrogens is 5. The smallest absolute Gasteiger partial charge is 0.264 e. The topological polar surface area (TPSA) is 94.7 Å². The van der Waals surface area contributed by atoms with E-state index in [1.165, 1.54) is 26.5 Å². The van der Waals surface area contributed by atoms with Crippen LogP contribution in [0.15, 0.2) is 65.8 Å². The van der Waals surface area contributed by atoms with E-state index < -0.39 is 0 Å². The number of thiazole rings is 1. The number of rotatable bonds is 5. The van der Waals surface area contributed by atoms with Crippen molar-refractivity contribution in [1.82, 2.24) is 24.3 Å². The molecule has 0 atom stereocenters. The van der Waals surface area contributed by atoms with E-state index in [2.05, 4.69) is 26.4 Å². The summed E-state index contributed by atoms with van der Waals surface area (Å²) in [6.07, 6.45) is 3.57. The third-order valence-corrected chi connectivity index (χ3v) is 6.00. The Hall–Kier alpha value is -3.85. The lowest BCUT2D eigenvalue weighted by Crippen LogP contribution is -2.27. The molecule has 0 saturated carbocycles. The molecule has 154 valence electrons. The summed E-state index contributed by atoms with van der Waals surface area (Å²) < 4.78 is 3.98. The SMILES string of the molecule is Cn1ncc2c(=O)n(CC(=O)Nc3ccc(Cc4nc5ccccc5s4)cc3)cnc21. The van der Waals surface area contributed by atoms with Crippen molar-refractivity contribution in [1.29, 1.82) is 0 Å². The maximum Gasteiger partial charge on any atom is 0.264 e. The van der Waals surface area contributed by atoms with Gasteiger partial charge in [0.2, 0.25) is 5.91 Å². The first kappa shape index (κ1) is 19.1. The fourth-order valence-corrected chi connectivity index (χ4v) is 4.41. The van der Waals surface area contributed by atoms with Crippen molar-refractivity contribution in [3.8, 4) is 0 Å². The summed E-state index contributed by atoms with van der Waals surface area (Å²) in [5.74, 6) is -0.300. The zero-order valence-electron chi connectivity index (χ0n) is 16.6. The van der Waals surface area contributed by atoms with Gasteiger partial charge in [0.05, 0.1) is 21.4 Å². The van der Waals surface area contributed by atoms with Crippen molar-refractivity contribution < 1.29 is 4.79 Å². The van der Waals surface area contributed by atoms with E-state index in [-0.39, 0.29) is 18.0 Å². The summed E-state index contributed by atoms with van der Waals surface area (Å²) in [7, 11) is 1.71. The number of carbonyl (C=O) groups excluding carboxylic acids is 1. The molecule has 3 heterocycles. The molecule has 5 rings (SSSR count). The van der Waals surface area contributed by atoms with Gasteiger partial charge in [0.1, 0.15) is 18.3 Å². The molecule has 1 N–H and O–H groups in total. The van der Waals surface area contributed by atoms with Gasteiger partial charge in [-0.15, -0.1) is 11.3 Å². The van der Waals surface area contributed by atoms with E-state index in [1.54, 1.807) is 18.4 Å². The third-order valence-electron chi connectivity index (χ3n) is 4.96. The molecule has 0 aliphatic carbocycles. The van der Waals surface area contributed by atoms with Crippen LogP contribution in [-0.4, -0.2) is 30.2 Å². The van der Waals surface area contributed by atoms with Crippen molar-refractivity contribution in [2.45, 2.75) is 13.0 Å². The standard InChI is InChI=1S/C22H18N6O2S/c1-27-21-16(11-24-27)22(30)28(13-23-21)12-19(29)25-15-8-6-14(7-9-15)10-20-26-17-4-2-3-5-18(17)31-20/h2-9,11,13H,10,12H2,1H3,(H,25,29). The van der Waals surface area contributed by atoms with Gasteiger partial charge in [-0.1, -0.05) is 24.3 Å². The maximum absolute atomic E-state index is 12.5. The monoisotopic (exact) mass is 430 g/mol. The minimum atomic E-state index is -0.300. The number of aryl methyl sites for hydroxylation is 1. The lowest BCUT2D eigenvalue weighted by Gasteiger charge is -2.08. The largest absolute Gasteiger partial charge is 0.325 e. The van der Waals surface area contributed by atoms with E-state index in [9.17, 15) is 9.59 Å². The summed E-state index contributed by atoms with van der Waals surface area (Å²) in [5.41, 5.74) is 2.99. The molecule has 8 nitrogen and oxygen atoms in total. The number of hydrogen-bond donors (Lipinski definition) is 1. The molecular weight excluding hydrogens is 412 g/mol. The summed E-state index contributed by atoms with van der Waals surface area (Å²) in [5, 5.41) is 8.29. The van der Waals surface area contributed by atoms with Crippen molar-refractivity contribution in [3.63, 3.8) is 0 Å². The molecule has 31 heavy (non-hydrogen) atoms. The van der Waals surface area contributed by atoms with Gasteiger partial charge in [-0.2, -0.15) is 5.10 Å². The second-order valence-electron chi connectivity index (χ2n) is 7.18. The van der Waals surface area contributed by atoms with Crippen LogP contribution in [0.5, 0.6) is 0 Å². The number of nitrogens with zero attached hydrogens (tertiary/aromatic N) is 5. The predicted molar refractivity (Wildman–Crippen MR) is 120 cm³/mol. The van der Waals surface area contributed by atoms with Crippen LogP contribution < -0.4 is 10.9 Å². The van der Waals surface area contributed by atoms with Crippen molar-refractivity contribution in [2.24, 2.45) is 7.05 Å². The van der Waals surface area contributed by atoms with E-state index in [0.29, 0.717) is 16.7 Å². The molecule has 0 aliphatic heterocycles. The van der Waals surface area contributed by atoms with Crippen LogP contribution in [0, 0.1) is 0 Å². The zero-order valence-corrected chi connectivity index (χ0v) is 17.5. The van der Waals surface area contributed by atoms with Gasteiger partial charge in [-0.25, -0.2) is 9.97 Å². The summed E-state index contributed by atoms with van der Waals surface area (Å²) in [6.45, 7) is -0.121. The van der Waals surface area contributed by atoms with Crippen molar-refractivity contribution >= 4 is 44.2 Å². The Kier molecular flexibility index (Phi) is 4.79. The van der Waals surface area contributed by atoms with Crippen LogP contribution in [0.25, 0.3) is 21.3 Å². The fraction of sp³-hybridized carbons (Fsp3) is 0.136. The molecule has 0 bridgehead atoms. The van der Waals surface area contributed by atoms with Crippen LogP contribution in [0.4, 0.5) is 5.69 Å². The number of carbonyl (C=O) groups is 1. The molecule has 0 unspecified atom stereocenters. The normalized spacial score (nSPS) is 11.3. The second-order valence-corrected chi connectivity index (χ2v) is 8.30. The number of fused-ring (bicyclic) bond motifs is 2. The van der Waals surface area contributed by atoms with Crippen LogP contribution in [0.1, 0.15) is 10.6 Å². The Balaban J connectivity index is 1.25. The predicted octanol–water partition coefficient (Wildman–Crippen LogP) is 2.97. The van der Waals surface area contributed by atoms with Gasteiger partial charge in [-0.05, 0) is 29.8 Å². The van der Waals surface area contributed by atoms with Gasteiger partial charge >= 0.3 is 0 Å². The minimum Gasteiger partial charge on any atom is -0.325 e. The van der Waals surface area contributed by atoms with Gasteiger partial charge in [0.25, 0.3) is 5.56 Å². The molecule has 2 aromatic carbocycles. The van der Waals surface area contributed by atoms with E-state index >= 15 is 0 Å². The fourth-order valence-electron chi connectivity index (χ4n) is 3.41. The molecular formula is C22H18N6O2S.